The van der Waals surface area contributed by atoms with Gasteiger partial charge in [-0.2, -0.15) is 0 Å². The van der Waals surface area contributed by atoms with Gasteiger partial charge in [-0.3, -0.25) is 9.59 Å². The first-order valence-corrected chi connectivity index (χ1v) is 5.88. The Labute approximate surface area is 107 Å². The molecule has 0 atom stereocenters. The highest BCUT2D eigenvalue weighted by Gasteiger charge is 2.07. The molecule has 1 aromatic carbocycles. The van der Waals surface area contributed by atoms with Crippen LogP contribution in [0.15, 0.2) is 24.3 Å². The summed E-state index contributed by atoms with van der Waals surface area (Å²) in [5, 5.41) is 8.28. The van der Waals surface area contributed by atoms with Crippen molar-refractivity contribution in [3.05, 3.63) is 24.3 Å². The van der Waals surface area contributed by atoms with Crippen LogP contribution in [-0.4, -0.2) is 25.4 Å². The molecule has 0 radical (unpaired) electrons. The van der Waals surface area contributed by atoms with Crippen LogP contribution in [0.5, 0.6) is 0 Å². The molecule has 1 aromatic rings. The molecule has 5 nitrogen and oxygen atoms in total. The van der Waals surface area contributed by atoms with Gasteiger partial charge in [0, 0.05) is 17.3 Å². The van der Waals surface area contributed by atoms with E-state index in [9.17, 15) is 9.59 Å². The largest absolute Gasteiger partial charge is 0.326 e. The number of likely N-dealkylation sites (N-methyl/N-ethyl adjacent to an activating group) is 1. The van der Waals surface area contributed by atoms with Crippen LogP contribution in [-0.2, 0) is 9.59 Å². The summed E-state index contributed by atoms with van der Waals surface area (Å²) in [6.07, 6.45) is 0. The van der Waals surface area contributed by atoms with Crippen LogP contribution >= 0.6 is 0 Å². The minimum absolute atomic E-state index is 0.0475. The molecule has 0 unspecified atom stereocenters. The number of carbonyl (C=O) groups excluding carboxylic acids is 2. The maximum absolute atomic E-state index is 11.5. The van der Waals surface area contributed by atoms with E-state index in [-0.39, 0.29) is 24.3 Å². The number of amides is 2. The predicted molar refractivity (Wildman–Crippen MR) is 72.5 cm³/mol. The minimum atomic E-state index is -0.121. The number of hydrogen-bond donors (Lipinski definition) is 3. The van der Waals surface area contributed by atoms with Crippen LogP contribution in [0.25, 0.3) is 0 Å². The van der Waals surface area contributed by atoms with Crippen molar-refractivity contribution in [3.8, 4) is 0 Å². The molecule has 0 fully saturated rings. The van der Waals surface area contributed by atoms with Gasteiger partial charge in [-0.15, -0.1) is 0 Å². The molecular formula is C13H19N3O2. The fourth-order valence-electron chi connectivity index (χ4n) is 1.33. The van der Waals surface area contributed by atoms with Crippen molar-refractivity contribution in [1.29, 1.82) is 0 Å². The van der Waals surface area contributed by atoms with Crippen LogP contribution < -0.4 is 16.0 Å². The van der Waals surface area contributed by atoms with E-state index in [0.29, 0.717) is 11.4 Å². The third-order valence-electron chi connectivity index (χ3n) is 2.28. The third kappa shape index (κ3) is 4.55. The van der Waals surface area contributed by atoms with Gasteiger partial charge in [0.05, 0.1) is 6.54 Å². The molecule has 98 valence electrons. The van der Waals surface area contributed by atoms with E-state index < -0.39 is 0 Å². The number of carbonyl (C=O) groups is 2. The summed E-state index contributed by atoms with van der Waals surface area (Å²) in [4.78, 5) is 22.9. The number of hydrogen-bond acceptors (Lipinski definition) is 3. The van der Waals surface area contributed by atoms with E-state index >= 15 is 0 Å². The lowest BCUT2D eigenvalue weighted by Crippen LogP contribution is -2.25. The maximum atomic E-state index is 11.5. The quantitative estimate of drug-likeness (QED) is 0.739. The summed E-state index contributed by atoms with van der Waals surface area (Å²) in [6, 6.07) is 7.07. The second-order valence-corrected chi connectivity index (χ2v) is 4.30. The molecule has 18 heavy (non-hydrogen) atoms. The van der Waals surface area contributed by atoms with Crippen molar-refractivity contribution < 1.29 is 9.59 Å². The number of benzene rings is 1. The summed E-state index contributed by atoms with van der Waals surface area (Å²) in [5.41, 5.74) is 1.34. The Hall–Kier alpha value is -1.88. The minimum Gasteiger partial charge on any atom is -0.326 e. The molecule has 0 spiro atoms. The Kier molecular flexibility index (Phi) is 5.32. The zero-order valence-corrected chi connectivity index (χ0v) is 10.9. The topological polar surface area (TPSA) is 70.2 Å². The fourth-order valence-corrected chi connectivity index (χ4v) is 1.33. The molecule has 5 heteroatoms. The smallest absolute Gasteiger partial charge is 0.238 e. The first-order valence-electron chi connectivity index (χ1n) is 5.88. The van der Waals surface area contributed by atoms with E-state index in [1.807, 2.05) is 13.8 Å². The van der Waals surface area contributed by atoms with E-state index in [4.69, 9.17) is 0 Å². The zero-order chi connectivity index (χ0) is 13.5. The van der Waals surface area contributed by atoms with E-state index in [1.54, 1.807) is 31.3 Å². The number of anilines is 2. The summed E-state index contributed by atoms with van der Waals surface area (Å²) < 4.78 is 0. The predicted octanol–water partition coefficient (Wildman–Crippen LogP) is 1.44. The lowest BCUT2D eigenvalue weighted by Gasteiger charge is -2.10. The average Bonchev–Trinajstić information content (AvgIpc) is 2.29. The Morgan fingerprint density at radius 2 is 1.78 bits per heavy atom. The van der Waals surface area contributed by atoms with Gasteiger partial charge in [0.15, 0.2) is 0 Å². The molecule has 0 heterocycles. The number of rotatable bonds is 5. The summed E-state index contributed by atoms with van der Waals surface area (Å²) in [5.74, 6) is -0.244. The zero-order valence-electron chi connectivity index (χ0n) is 10.9. The fraction of sp³-hybridized carbons (Fsp3) is 0.385. The highest BCUT2D eigenvalue weighted by Crippen LogP contribution is 2.15. The van der Waals surface area contributed by atoms with Crippen molar-refractivity contribution >= 4 is 23.2 Å². The van der Waals surface area contributed by atoms with Crippen LogP contribution in [0, 0.1) is 5.92 Å². The molecule has 0 bridgehead atoms. The van der Waals surface area contributed by atoms with Crippen LogP contribution in [0.1, 0.15) is 13.8 Å². The van der Waals surface area contributed by atoms with E-state index in [0.717, 1.165) is 0 Å². The van der Waals surface area contributed by atoms with Gasteiger partial charge in [0.2, 0.25) is 11.8 Å². The molecule has 3 N–H and O–H groups in total. The highest BCUT2D eigenvalue weighted by atomic mass is 16.2. The van der Waals surface area contributed by atoms with Crippen LogP contribution in [0.2, 0.25) is 0 Å². The first-order chi connectivity index (χ1) is 8.52. The summed E-state index contributed by atoms with van der Waals surface area (Å²) in [6.45, 7) is 3.91. The van der Waals surface area contributed by atoms with E-state index in [2.05, 4.69) is 16.0 Å². The van der Waals surface area contributed by atoms with Crippen molar-refractivity contribution in [2.75, 3.05) is 24.2 Å². The molecule has 0 aliphatic carbocycles. The van der Waals surface area contributed by atoms with Gasteiger partial charge in [-0.05, 0) is 25.2 Å². The molecule has 0 aromatic heterocycles. The Bertz CT molecular complexity index is 430. The third-order valence-corrected chi connectivity index (χ3v) is 2.28. The van der Waals surface area contributed by atoms with E-state index in [1.165, 1.54) is 0 Å². The molecule has 0 aliphatic heterocycles. The molecule has 2 amide bonds. The lowest BCUT2D eigenvalue weighted by molar-refractivity contribution is -0.119. The van der Waals surface area contributed by atoms with Gasteiger partial charge in [-0.25, -0.2) is 0 Å². The van der Waals surface area contributed by atoms with Crippen molar-refractivity contribution in [2.24, 2.45) is 5.92 Å². The second kappa shape index (κ2) is 6.76. The van der Waals surface area contributed by atoms with Gasteiger partial charge in [0.1, 0.15) is 0 Å². The van der Waals surface area contributed by atoms with Crippen molar-refractivity contribution in [3.63, 3.8) is 0 Å². The first kappa shape index (κ1) is 14.2. The molecule has 0 saturated carbocycles. The van der Waals surface area contributed by atoms with Gasteiger partial charge in [0.25, 0.3) is 0 Å². The van der Waals surface area contributed by atoms with Crippen LogP contribution in [0.4, 0.5) is 11.4 Å². The van der Waals surface area contributed by atoms with Gasteiger partial charge in [-0.1, -0.05) is 19.9 Å². The standard InChI is InChI=1S/C13H19N3O2/c1-9(2)13(18)16-11-6-4-5-10(7-11)15-12(17)8-14-3/h4-7,9,14H,8H2,1-3H3,(H,15,17)(H,16,18). The normalized spacial score (nSPS) is 10.2. The lowest BCUT2D eigenvalue weighted by atomic mass is 10.2. The summed E-state index contributed by atoms with van der Waals surface area (Å²) in [7, 11) is 1.71. The van der Waals surface area contributed by atoms with Gasteiger partial charge >= 0.3 is 0 Å². The molecule has 0 aliphatic rings. The number of nitrogens with one attached hydrogen (secondary N) is 3. The van der Waals surface area contributed by atoms with Crippen molar-refractivity contribution in [1.82, 2.24) is 5.32 Å². The SMILES string of the molecule is CNCC(=O)Nc1cccc(NC(=O)C(C)C)c1. The maximum Gasteiger partial charge on any atom is 0.238 e. The van der Waals surface area contributed by atoms with Crippen molar-refractivity contribution in [2.45, 2.75) is 13.8 Å². The molecular weight excluding hydrogens is 230 g/mol. The second-order valence-electron chi connectivity index (χ2n) is 4.30. The Morgan fingerprint density at radius 3 is 2.33 bits per heavy atom. The molecule has 0 saturated heterocycles. The molecule has 1 rings (SSSR count). The summed E-state index contributed by atoms with van der Waals surface area (Å²) >= 11 is 0. The monoisotopic (exact) mass is 249 g/mol. The average molecular weight is 249 g/mol. The Balaban J connectivity index is 2.67. The van der Waals surface area contributed by atoms with Crippen LogP contribution in [0.3, 0.4) is 0 Å². The van der Waals surface area contributed by atoms with Gasteiger partial charge < -0.3 is 16.0 Å². The Morgan fingerprint density at radius 1 is 1.17 bits per heavy atom. The highest BCUT2D eigenvalue weighted by molar-refractivity contribution is 5.95.